The summed E-state index contributed by atoms with van der Waals surface area (Å²) in [6, 6.07) is 8.26. The van der Waals surface area contributed by atoms with Crippen LogP contribution < -0.4 is 10.2 Å². The Bertz CT molecular complexity index is 427. The number of anilines is 1. The van der Waals surface area contributed by atoms with E-state index in [2.05, 4.69) is 24.4 Å². The molecule has 2 rings (SSSR count). The lowest BCUT2D eigenvalue weighted by molar-refractivity contribution is -0.115. The lowest BCUT2D eigenvalue weighted by Crippen LogP contribution is -2.32. The van der Waals surface area contributed by atoms with Gasteiger partial charge in [0, 0.05) is 18.0 Å². The van der Waals surface area contributed by atoms with Crippen LogP contribution in [0.15, 0.2) is 24.3 Å². The highest BCUT2D eigenvalue weighted by molar-refractivity contribution is 8.00. The molecule has 110 valence electrons. The Hall–Kier alpha value is -1.00. The number of nitrogens with zero attached hydrogens (tertiary/aromatic N) is 1. The lowest BCUT2D eigenvalue weighted by Gasteiger charge is -2.23. The summed E-state index contributed by atoms with van der Waals surface area (Å²) < 4.78 is 0. The van der Waals surface area contributed by atoms with Crippen molar-refractivity contribution in [3.63, 3.8) is 0 Å². The number of rotatable bonds is 5. The van der Waals surface area contributed by atoms with Crippen molar-refractivity contribution < 1.29 is 4.79 Å². The number of carbonyl (C=O) groups excluding carboxylic acids is 1. The van der Waals surface area contributed by atoms with E-state index >= 15 is 0 Å². The van der Waals surface area contributed by atoms with E-state index in [1.165, 1.54) is 18.4 Å². The first-order valence-corrected chi connectivity index (χ1v) is 8.43. The number of nitrogens with one attached hydrogen (secondary N) is 1. The van der Waals surface area contributed by atoms with Gasteiger partial charge in [0.1, 0.15) is 0 Å². The zero-order valence-electron chi connectivity index (χ0n) is 12.4. The van der Waals surface area contributed by atoms with Gasteiger partial charge in [-0.2, -0.15) is 0 Å². The second-order valence-electron chi connectivity index (χ2n) is 5.23. The summed E-state index contributed by atoms with van der Waals surface area (Å²) in [5, 5.41) is 3.99. The molecular formula is C16H24N2OS. The van der Waals surface area contributed by atoms with Crippen molar-refractivity contribution in [3.05, 3.63) is 29.8 Å². The van der Waals surface area contributed by atoms with Gasteiger partial charge in [-0.1, -0.05) is 19.1 Å². The van der Waals surface area contributed by atoms with Crippen LogP contribution in [0.1, 0.15) is 25.3 Å². The number of thioether (sulfide) groups is 1. The van der Waals surface area contributed by atoms with Gasteiger partial charge in [0.15, 0.2) is 0 Å². The third-order valence-corrected chi connectivity index (χ3v) is 5.19. The van der Waals surface area contributed by atoms with Crippen LogP contribution in [0, 0.1) is 0 Å². The first-order valence-electron chi connectivity index (χ1n) is 7.38. The summed E-state index contributed by atoms with van der Waals surface area (Å²) in [4.78, 5) is 14.0. The number of amides is 1. The molecule has 20 heavy (non-hydrogen) atoms. The Labute approximate surface area is 126 Å². The second-order valence-corrected chi connectivity index (χ2v) is 6.52. The topological polar surface area (TPSA) is 32.3 Å². The number of carbonyl (C=O) groups is 1. The Morgan fingerprint density at radius 1 is 1.30 bits per heavy atom. The highest BCUT2D eigenvalue weighted by Gasteiger charge is 2.17. The highest BCUT2D eigenvalue weighted by Crippen LogP contribution is 2.22. The van der Waals surface area contributed by atoms with Crippen LogP contribution in [0.5, 0.6) is 0 Å². The molecule has 1 heterocycles. The van der Waals surface area contributed by atoms with E-state index in [1.54, 1.807) is 16.7 Å². The molecule has 1 aromatic rings. The van der Waals surface area contributed by atoms with E-state index < -0.39 is 0 Å². The molecular weight excluding hydrogens is 268 g/mol. The van der Waals surface area contributed by atoms with E-state index in [1.807, 2.05) is 19.2 Å². The van der Waals surface area contributed by atoms with Crippen molar-refractivity contribution >= 4 is 23.4 Å². The molecule has 3 nitrogen and oxygen atoms in total. The molecule has 0 saturated carbocycles. The molecule has 1 N–H and O–H groups in total. The van der Waals surface area contributed by atoms with Crippen LogP contribution in [0.25, 0.3) is 0 Å². The van der Waals surface area contributed by atoms with Crippen LogP contribution >= 0.6 is 11.8 Å². The van der Waals surface area contributed by atoms with Crippen molar-refractivity contribution in [2.45, 2.75) is 31.4 Å². The fourth-order valence-corrected chi connectivity index (χ4v) is 3.49. The number of piperidine rings is 1. The average molecular weight is 292 g/mol. The molecule has 1 saturated heterocycles. The Morgan fingerprint density at radius 3 is 2.55 bits per heavy atom. The Balaban J connectivity index is 1.83. The van der Waals surface area contributed by atoms with E-state index in [0.29, 0.717) is 11.0 Å². The summed E-state index contributed by atoms with van der Waals surface area (Å²) in [5.41, 5.74) is 2.29. The van der Waals surface area contributed by atoms with Gasteiger partial charge in [-0.15, -0.1) is 11.8 Å². The third kappa shape index (κ3) is 4.25. The number of hydrogen-bond donors (Lipinski definition) is 1. The van der Waals surface area contributed by atoms with E-state index in [0.717, 1.165) is 25.2 Å². The van der Waals surface area contributed by atoms with Crippen LogP contribution in [0.2, 0.25) is 0 Å². The molecule has 0 aliphatic carbocycles. The summed E-state index contributed by atoms with van der Waals surface area (Å²) in [6.45, 7) is 4.31. The van der Waals surface area contributed by atoms with Crippen molar-refractivity contribution in [1.82, 2.24) is 5.32 Å². The molecule has 0 aromatic heterocycles. The minimum absolute atomic E-state index is 0.192. The molecule has 1 aliphatic heterocycles. The zero-order valence-corrected chi connectivity index (χ0v) is 13.2. The third-order valence-electron chi connectivity index (χ3n) is 3.83. The summed E-state index contributed by atoms with van der Waals surface area (Å²) in [7, 11) is 1.87. The zero-order chi connectivity index (χ0) is 14.4. The summed E-state index contributed by atoms with van der Waals surface area (Å²) >= 11 is 1.80. The molecule has 0 bridgehead atoms. The standard InChI is InChI=1S/C16H24N2OS/c1-3-13-4-6-14(7-5-13)18(2)16(19)12-20-15-8-10-17-11-9-15/h4-7,15,17H,3,8-12H2,1-2H3. The SMILES string of the molecule is CCc1ccc(N(C)C(=O)CSC2CCNCC2)cc1. The van der Waals surface area contributed by atoms with Gasteiger partial charge in [-0.3, -0.25) is 4.79 Å². The van der Waals surface area contributed by atoms with Crippen molar-refractivity contribution in [1.29, 1.82) is 0 Å². The fourth-order valence-electron chi connectivity index (χ4n) is 2.35. The van der Waals surface area contributed by atoms with Crippen LogP contribution in [0.3, 0.4) is 0 Å². The number of benzene rings is 1. The first-order chi connectivity index (χ1) is 9.70. The maximum atomic E-state index is 12.2. The molecule has 1 fully saturated rings. The molecule has 0 atom stereocenters. The van der Waals surface area contributed by atoms with Crippen LogP contribution in [-0.2, 0) is 11.2 Å². The van der Waals surface area contributed by atoms with E-state index in [4.69, 9.17) is 0 Å². The van der Waals surface area contributed by atoms with Gasteiger partial charge in [0.25, 0.3) is 0 Å². The first kappa shape index (κ1) is 15.4. The van der Waals surface area contributed by atoms with Crippen LogP contribution in [-0.4, -0.2) is 37.0 Å². The maximum Gasteiger partial charge on any atom is 0.236 e. The predicted octanol–water partition coefficient (Wildman–Crippen LogP) is 2.70. The fraction of sp³-hybridized carbons (Fsp3) is 0.562. The molecule has 1 aliphatic rings. The van der Waals surface area contributed by atoms with Gasteiger partial charge in [0.05, 0.1) is 5.75 Å². The smallest absolute Gasteiger partial charge is 0.236 e. The lowest BCUT2D eigenvalue weighted by atomic mass is 10.1. The minimum Gasteiger partial charge on any atom is -0.317 e. The largest absolute Gasteiger partial charge is 0.317 e. The van der Waals surface area contributed by atoms with Crippen molar-refractivity contribution in [3.8, 4) is 0 Å². The highest BCUT2D eigenvalue weighted by atomic mass is 32.2. The normalized spacial score (nSPS) is 16.1. The number of hydrogen-bond acceptors (Lipinski definition) is 3. The van der Waals surface area contributed by atoms with Gasteiger partial charge < -0.3 is 10.2 Å². The quantitative estimate of drug-likeness (QED) is 0.905. The minimum atomic E-state index is 0.192. The van der Waals surface area contributed by atoms with E-state index in [-0.39, 0.29) is 5.91 Å². The summed E-state index contributed by atoms with van der Waals surface area (Å²) in [6.07, 6.45) is 3.38. The predicted molar refractivity (Wildman–Crippen MR) is 87.6 cm³/mol. The van der Waals surface area contributed by atoms with Crippen molar-refractivity contribution in [2.75, 3.05) is 30.8 Å². The average Bonchev–Trinajstić information content (AvgIpc) is 2.53. The maximum absolute atomic E-state index is 12.2. The Kier molecular flexibility index (Phi) is 5.92. The molecule has 1 amide bonds. The van der Waals surface area contributed by atoms with Crippen LogP contribution in [0.4, 0.5) is 5.69 Å². The summed E-state index contributed by atoms with van der Waals surface area (Å²) in [5.74, 6) is 0.772. The molecule has 0 spiro atoms. The van der Waals surface area contributed by atoms with Gasteiger partial charge in [0.2, 0.25) is 5.91 Å². The Morgan fingerprint density at radius 2 is 1.95 bits per heavy atom. The second kappa shape index (κ2) is 7.70. The molecule has 0 radical (unpaired) electrons. The van der Waals surface area contributed by atoms with E-state index in [9.17, 15) is 4.79 Å². The van der Waals surface area contributed by atoms with Crippen molar-refractivity contribution in [2.24, 2.45) is 0 Å². The molecule has 4 heteroatoms. The monoisotopic (exact) mass is 292 g/mol. The van der Waals surface area contributed by atoms with Gasteiger partial charge >= 0.3 is 0 Å². The molecule has 0 unspecified atom stereocenters. The number of aryl methyl sites for hydroxylation is 1. The molecule has 1 aromatic carbocycles. The van der Waals surface area contributed by atoms with Gasteiger partial charge in [-0.05, 0) is 50.0 Å². The van der Waals surface area contributed by atoms with Gasteiger partial charge in [-0.25, -0.2) is 0 Å².